The third-order valence-corrected chi connectivity index (χ3v) is 3.64. The van der Waals surface area contributed by atoms with Gasteiger partial charge in [-0.25, -0.2) is 4.98 Å². The average Bonchev–Trinajstić information content (AvgIpc) is 2.87. The maximum Gasteiger partial charge on any atom is 0.416 e. The monoisotopic (exact) mass is 307 g/mol. The molecule has 1 aliphatic rings. The van der Waals surface area contributed by atoms with E-state index in [1.54, 1.807) is 11.9 Å². The Morgan fingerprint density at radius 3 is 2.55 bits per heavy atom. The van der Waals surface area contributed by atoms with Crippen molar-refractivity contribution in [3.05, 3.63) is 22.8 Å². The molecule has 1 aromatic rings. The van der Waals surface area contributed by atoms with E-state index in [1.165, 1.54) is 12.8 Å². The standard InChI is InChI=1S/C13H17ClF3N3/c1-19(6-7-20-4-2-3-5-20)12-9-10(13(15,16)17)8-11(14)18-12/h8-9H,2-7H2,1H3. The molecule has 0 atom stereocenters. The lowest BCUT2D eigenvalue weighted by atomic mass is 10.2. The number of pyridine rings is 1. The molecule has 20 heavy (non-hydrogen) atoms. The van der Waals surface area contributed by atoms with E-state index < -0.39 is 11.7 Å². The summed E-state index contributed by atoms with van der Waals surface area (Å²) in [5.74, 6) is 0.254. The van der Waals surface area contributed by atoms with Gasteiger partial charge in [0.25, 0.3) is 0 Å². The van der Waals surface area contributed by atoms with Crippen LogP contribution in [0.2, 0.25) is 5.15 Å². The highest BCUT2D eigenvalue weighted by Gasteiger charge is 2.31. The van der Waals surface area contributed by atoms with Crippen LogP contribution in [0.25, 0.3) is 0 Å². The van der Waals surface area contributed by atoms with Gasteiger partial charge < -0.3 is 9.80 Å². The Labute approximate surface area is 121 Å². The van der Waals surface area contributed by atoms with Crippen LogP contribution in [0.4, 0.5) is 19.0 Å². The Balaban J connectivity index is 2.04. The van der Waals surface area contributed by atoms with Crippen LogP contribution in [0.5, 0.6) is 0 Å². The van der Waals surface area contributed by atoms with Crippen molar-refractivity contribution in [1.82, 2.24) is 9.88 Å². The minimum atomic E-state index is -4.41. The van der Waals surface area contributed by atoms with Crippen LogP contribution in [0.3, 0.4) is 0 Å². The van der Waals surface area contributed by atoms with Gasteiger partial charge in [-0.05, 0) is 38.1 Å². The largest absolute Gasteiger partial charge is 0.416 e. The van der Waals surface area contributed by atoms with E-state index in [0.717, 1.165) is 31.8 Å². The van der Waals surface area contributed by atoms with Gasteiger partial charge in [0.1, 0.15) is 11.0 Å². The van der Waals surface area contributed by atoms with Gasteiger partial charge in [-0.15, -0.1) is 0 Å². The quantitative estimate of drug-likeness (QED) is 0.796. The van der Waals surface area contributed by atoms with Crippen molar-refractivity contribution in [3.63, 3.8) is 0 Å². The Morgan fingerprint density at radius 2 is 1.95 bits per heavy atom. The molecule has 0 radical (unpaired) electrons. The number of hydrogen-bond donors (Lipinski definition) is 0. The maximum atomic E-state index is 12.7. The first-order chi connectivity index (χ1) is 9.36. The normalized spacial score (nSPS) is 16.6. The number of likely N-dealkylation sites (tertiary alicyclic amines) is 1. The molecule has 0 saturated carbocycles. The molecule has 1 saturated heterocycles. The third-order valence-electron chi connectivity index (χ3n) is 3.45. The van der Waals surface area contributed by atoms with Crippen LogP contribution < -0.4 is 4.90 Å². The molecular formula is C13H17ClF3N3. The smallest absolute Gasteiger partial charge is 0.358 e. The summed E-state index contributed by atoms with van der Waals surface area (Å²) in [6.07, 6.45) is -2.02. The predicted octanol–water partition coefficient (Wildman–Crippen LogP) is 3.29. The lowest BCUT2D eigenvalue weighted by Gasteiger charge is -2.23. The second kappa shape index (κ2) is 6.18. The van der Waals surface area contributed by atoms with Crippen molar-refractivity contribution in [2.24, 2.45) is 0 Å². The number of aromatic nitrogens is 1. The van der Waals surface area contributed by atoms with Gasteiger partial charge in [-0.1, -0.05) is 11.6 Å². The molecule has 3 nitrogen and oxygen atoms in total. The number of hydrogen-bond acceptors (Lipinski definition) is 3. The van der Waals surface area contributed by atoms with Gasteiger partial charge in [0, 0.05) is 20.1 Å². The van der Waals surface area contributed by atoms with Crippen molar-refractivity contribution in [3.8, 4) is 0 Å². The van der Waals surface area contributed by atoms with E-state index in [0.29, 0.717) is 6.54 Å². The first kappa shape index (κ1) is 15.4. The topological polar surface area (TPSA) is 19.4 Å². The summed E-state index contributed by atoms with van der Waals surface area (Å²) in [7, 11) is 1.73. The van der Waals surface area contributed by atoms with E-state index in [-0.39, 0.29) is 11.0 Å². The molecule has 2 rings (SSSR count). The zero-order chi connectivity index (χ0) is 14.8. The van der Waals surface area contributed by atoms with Gasteiger partial charge in [-0.2, -0.15) is 13.2 Å². The molecule has 0 amide bonds. The molecule has 0 aliphatic carbocycles. The zero-order valence-electron chi connectivity index (χ0n) is 11.3. The molecule has 1 fully saturated rings. The van der Waals surface area contributed by atoms with E-state index >= 15 is 0 Å². The van der Waals surface area contributed by atoms with Crippen LogP contribution in [-0.4, -0.2) is 43.1 Å². The minimum absolute atomic E-state index is 0.136. The molecule has 1 aromatic heterocycles. The lowest BCUT2D eigenvalue weighted by Crippen LogP contribution is -2.32. The number of rotatable bonds is 4. The average molecular weight is 308 g/mol. The Bertz CT molecular complexity index is 459. The molecule has 0 aromatic carbocycles. The highest BCUT2D eigenvalue weighted by Crippen LogP contribution is 2.32. The van der Waals surface area contributed by atoms with Crippen LogP contribution in [0.1, 0.15) is 18.4 Å². The number of likely N-dealkylation sites (N-methyl/N-ethyl adjacent to an activating group) is 1. The van der Waals surface area contributed by atoms with Gasteiger partial charge >= 0.3 is 6.18 Å². The molecule has 0 unspecified atom stereocenters. The lowest BCUT2D eigenvalue weighted by molar-refractivity contribution is -0.137. The first-order valence-corrected chi connectivity index (χ1v) is 6.92. The molecule has 0 N–H and O–H groups in total. The maximum absolute atomic E-state index is 12.7. The van der Waals surface area contributed by atoms with Crippen molar-refractivity contribution in [2.45, 2.75) is 19.0 Å². The van der Waals surface area contributed by atoms with Crippen LogP contribution in [-0.2, 0) is 6.18 Å². The Kier molecular flexibility index (Phi) is 4.75. The highest BCUT2D eigenvalue weighted by molar-refractivity contribution is 6.29. The number of alkyl halides is 3. The summed E-state index contributed by atoms with van der Waals surface area (Å²) in [6, 6.07) is 1.88. The van der Waals surface area contributed by atoms with Crippen LogP contribution in [0, 0.1) is 0 Å². The molecule has 7 heteroatoms. The van der Waals surface area contributed by atoms with Crippen molar-refractivity contribution < 1.29 is 13.2 Å². The van der Waals surface area contributed by atoms with E-state index in [1.807, 2.05) is 0 Å². The summed E-state index contributed by atoms with van der Waals surface area (Å²) in [5, 5.41) is -0.136. The second-order valence-electron chi connectivity index (χ2n) is 5.00. The Hall–Kier alpha value is -1.01. The third kappa shape index (κ3) is 3.99. The van der Waals surface area contributed by atoms with E-state index in [4.69, 9.17) is 11.6 Å². The summed E-state index contributed by atoms with van der Waals surface area (Å²) < 4.78 is 38.2. The number of nitrogens with zero attached hydrogens (tertiary/aromatic N) is 3. The van der Waals surface area contributed by atoms with Gasteiger partial charge in [-0.3, -0.25) is 0 Å². The predicted molar refractivity (Wildman–Crippen MR) is 73.2 cm³/mol. The highest BCUT2D eigenvalue weighted by atomic mass is 35.5. The molecule has 112 valence electrons. The summed E-state index contributed by atoms with van der Waals surface area (Å²) in [6.45, 7) is 3.58. The fraction of sp³-hybridized carbons (Fsp3) is 0.615. The van der Waals surface area contributed by atoms with Crippen LogP contribution >= 0.6 is 11.6 Å². The molecule has 1 aliphatic heterocycles. The van der Waals surface area contributed by atoms with Crippen LogP contribution in [0.15, 0.2) is 12.1 Å². The number of halogens is 4. The minimum Gasteiger partial charge on any atom is -0.358 e. The van der Waals surface area contributed by atoms with Crippen molar-refractivity contribution >= 4 is 17.4 Å². The molecule has 2 heterocycles. The number of anilines is 1. The summed E-state index contributed by atoms with van der Waals surface area (Å²) >= 11 is 5.68. The van der Waals surface area contributed by atoms with Crippen molar-refractivity contribution in [1.29, 1.82) is 0 Å². The van der Waals surface area contributed by atoms with E-state index in [9.17, 15) is 13.2 Å². The van der Waals surface area contributed by atoms with Gasteiger partial charge in [0.05, 0.1) is 5.56 Å². The molecule has 0 spiro atoms. The molecule has 0 bridgehead atoms. The van der Waals surface area contributed by atoms with Gasteiger partial charge in [0.2, 0.25) is 0 Å². The van der Waals surface area contributed by atoms with Crippen molar-refractivity contribution in [2.75, 3.05) is 38.1 Å². The first-order valence-electron chi connectivity index (χ1n) is 6.54. The SMILES string of the molecule is CN(CCN1CCCC1)c1cc(C(F)(F)F)cc(Cl)n1. The summed E-state index contributed by atoms with van der Waals surface area (Å²) in [4.78, 5) is 7.97. The van der Waals surface area contributed by atoms with E-state index in [2.05, 4.69) is 9.88 Å². The zero-order valence-corrected chi connectivity index (χ0v) is 12.0. The fourth-order valence-electron chi connectivity index (χ4n) is 2.25. The fourth-order valence-corrected chi connectivity index (χ4v) is 2.46. The summed E-state index contributed by atoms with van der Waals surface area (Å²) in [5.41, 5.74) is -0.763. The molecular weight excluding hydrogens is 291 g/mol. The second-order valence-corrected chi connectivity index (χ2v) is 5.39. The van der Waals surface area contributed by atoms with Gasteiger partial charge in [0.15, 0.2) is 0 Å². The Morgan fingerprint density at radius 1 is 1.30 bits per heavy atom.